The minimum atomic E-state index is -0.252. The van der Waals surface area contributed by atoms with E-state index in [4.69, 9.17) is 4.74 Å². The second kappa shape index (κ2) is 11.2. The van der Waals surface area contributed by atoms with Gasteiger partial charge in [-0.25, -0.2) is 0 Å². The van der Waals surface area contributed by atoms with E-state index < -0.39 is 0 Å². The number of ether oxygens (including phenoxy) is 1. The van der Waals surface area contributed by atoms with Gasteiger partial charge < -0.3 is 9.84 Å². The number of carbonyl (C=O) groups excluding carboxylic acids is 1. The van der Waals surface area contributed by atoms with E-state index in [2.05, 4.69) is 62.3 Å². The minimum Gasteiger partial charge on any atom is -0.462 e. The van der Waals surface area contributed by atoms with E-state index in [0.29, 0.717) is 41.9 Å². The van der Waals surface area contributed by atoms with Crippen LogP contribution in [0.1, 0.15) is 120 Å². The second-order valence-corrected chi connectivity index (χ2v) is 13.8. The smallest absolute Gasteiger partial charge is 0.306 e. The van der Waals surface area contributed by atoms with E-state index in [-0.39, 0.29) is 29.0 Å². The van der Waals surface area contributed by atoms with Crippen LogP contribution in [-0.2, 0) is 9.53 Å². The number of hydrogen-bond donors (Lipinski definition) is 1. The summed E-state index contributed by atoms with van der Waals surface area (Å²) in [5.41, 5.74) is 0.221. The second-order valence-electron chi connectivity index (χ2n) is 13.8. The van der Waals surface area contributed by atoms with Gasteiger partial charge in [0.15, 0.2) is 0 Å². The molecule has 0 aromatic heterocycles. The first kappa shape index (κ1) is 27.7. The molecule has 0 saturated heterocycles. The zero-order chi connectivity index (χ0) is 24.3. The Morgan fingerprint density at radius 2 is 1.38 bits per heavy atom. The molecule has 188 valence electrons. The lowest BCUT2D eigenvalue weighted by Gasteiger charge is -2.49. The van der Waals surface area contributed by atoms with E-state index >= 15 is 0 Å². The highest BCUT2D eigenvalue weighted by atomic mass is 16.5. The molecule has 8 unspecified atom stereocenters. The Labute approximate surface area is 199 Å². The first-order valence-corrected chi connectivity index (χ1v) is 13.6. The van der Waals surface area contributed by atoms with Gasteiger partial charge in [0.2, 0.25) is 0 Å². The molecule has 3 nitrogen and oxygen atoms in total. The molecule has 8 atom stereocenters. The summed E-state index contributed by atoms with van der Waals surface area (Å²) in [5.74, 6) is 2.64. The molecule has 0 amide bonds. The van der Waals surface area contributed by atoms with Crippen molar-refractivity contribution in [1.29, 1.82) is 0 Å². The van der Waals surface area contributed by atoms with Crippen molar-refractivity contribution in [3.8, 4) is 0 Å². The fourth-order valence-corrected chi connectivity index (χ4v) is 6.77. The Hall–Kier alpha value is -0.570. The summed E-state index contributed by atoms with van der Waals surface area (Å²) < 4.78 is 6.32. The van der Waals surface area contributed by atoms with Gasteiger partial charge in [-0.05, 0) is 78.9 Å². The van der Waals surface area contributed by atoms with Crippen LogP contribution in [-0.4, -0.2) is 23.3 Å². The molecule has 2 aliphatic rings. The average molecular weight is 451 g/mol. The van der Waals surface area contributed by atoms with Gasteiger partial charge in [0.25, 0.3) is 0 Å². The zero-order valence-electron chi connectivity index (χ0n) is 22.7. The largest absolute Gasteiger partial charge is 0.462 e. The lowest BCUT2D eigenvalue weighted by molar-refractivity contribution is -0.166. The number of aliphatic hydroxyl groups is 1. The maximum Gasteiger partial charge on any atom is 0.306 e. The fraction of sp³-hybridized carbons (Fsp3) is 0.966. The molecular weight excluding hydrogens is 396 g/mol. The van der Waals surface area contributed by atoms with Crippen molar-refractivity contribution >= 4 is 5.97 Å². The van der Waals surface area contributed by atoms with Gasteiger partial charge in [0, 0.05) is 12.3 Å². The molecular formula is C29H54O3. The van der Waals surface area contributed by atoms with Crippen LogP contribution in [0.5, 0.6) is 0 Å². The van der Waals surface area contributed by atoms with Crippen molar-refractivity contribution in [3.63, 3.8) is 0 Å². The number of unbranched alkanes of at least 4 members (excludes halogenated alkanes) is 2. The molecule has 0 aromatic rings. The number of carbonyl (C=O) groups is 1. The first-order valence-electron chi connectivity index (χ1n) is 13.6. The molecule has 2 saturated carbocycles. The molecule has 2 rings (SSSR count). The Balaban J connectivity index is 2.23. The third-order valence-corrected chi connectivity index (χ3v) is 8.56. The highest BCUT2D eigenvalue weighted by Gasteiger charge is 2.47. The summed E-state index contributed by atoms with van der Waals surface area (Å²) in [4.78, 5) is 12.8. The zero-order valence-corrected chi connectivity index (χ0v) is 22.7. The number of esters is 1. The lowest BCUT2D eigenvalue weighted by Crippen LogP contribution is -2.48. The van der Waals surface area contributed by atoms with Gasteiger partial charge in [-0.3, -0.25) is 4.79 Å². The van der Waals surface area contributed by atoms with Crippen molar-refractivity contribution in [2.75, 3.05) is 0 Å². The van der Waals surface area contributed by atoms with E-state index in [0.717, 1.165) is 51.4 Å². The normalized spacial score (nSPS) is 36.7. The fourth-order valence-electron chi connectivity index (χ4n) is 6.77. The molecule has 0 heterocycles. The molecule has 2 fully saturated rings. The number of rotatable bonds is 7. The van der Waals surface area contributed by atoms with Crippen LogP contribution in [0, 0.1) is 46.3 Å². The highest BCUT2D eigenvalue weighted by molar-refractivity contribution is 5.69. The Morgan fingerprint density at radius 1 is 0.844 bits per heavy atom. The predicted molar refractivity (Wildman–Crippen MR) is 134 cm³/mol. The molecule has 0 radical (unpaired) electrons. The summed E-state index contributed by atoms with van der Waals surface area (Å²) in [6.07, 6.45) is 8.83. The van der Waals surface area contributed by atoms with E-state index in [1.807, 2.05) is 0 Å². The summed E-state index contributed by atoms with van der Waals surface area (Å²) in [7, 11) is 0. The van der Waals surface area contributed by atoms with Crippen LogP contribution in [0.3, 0.4) is 0 Å². The Kier molecular flexibility index (Phi) is 9.72. The molecule has 0 aromatic carbocycles. The van der Waals surface area contributed by atoms with Crippen molar-refractivity contribution in [3.05, 3.63) is 0 Å². The lowest BCUT2D eigenvalue weighted by atomic mass is 9.59. The van der Waals surface area contributed by atoms with Gasteiger partial charge in [0.05, 0.1) is 6.10 Å². The monoisotopic (exact) mass is 450 g/mol. The average Bonchev–Trinajstić information content (AvgIpc) is 2.64. The highest BCUT2D eigenvalue weighted by Crippen LogP contribution is 2.50. The predicted octanol–water partition coefficient (Wildman–Crippen LogP) is 7.65. The van der Waals surface area contributed by atoms with E-state index in [1.54, 1.807) is 0 Å². The van der Waals surface area contributed by atoms with Gasteiger partial charge >= 0.3 is 5.97 Å². The molecule has 1 N–H and O–H groups in total. The van der Waals surface area contributed by atoms with Gasteiger partial charge in [-0.15, -0.1) is 0 Å². The Bertz CT molecular complexity index is 584. The first-order chi connectivity index (χ1) is 14.7. The third-order valence-electron chi connectivity index (χ3n) is 8.56. The molecule has 0 aliphatic heterocycles. The summed E-state index contributed by atoms with van der Waals surface area (Å²) >= 11 is 0. The van der Waals surface area contributed by atoms with Crippen LogP contribution in [0.2, 0.25) is 0 Å². The maximum atomic E-state index is 12.8. The van der Waals surface area contributed by atoms with Crippen LogP contribution < -0.4 is 0 Å². The molecule has 2 aliphatic carbocycles. The minimum absolute atomic E-state index is 0.0117. The van der Waals surface area contributed by atoms with E-state index in [9.17, 15) is 9.90 Å². The van der Waals surface area contributed by atoms with Gasteiger partial charge in [0.1, 0.15) is 6.10 Å². The van der Waals surface area contributed by atoms with Crippen LogP contribution in [0.4, 0.5) is 0 Å². The maximum absolute atomic E-state index is 12.8. The molecule has 32 heavy (non-hydrogen) atoms. The third kappa shape index (κ3) is 7.47. The van der Waals surface area contributed by atoms with Crippen molar-refractivity contribution in [2.24, 2.45) is 46.3 Å². The van der Waals surface area contributed by atoms with Crippen molar-refractivity contribution < 1.29 is 14.6 Å². The van der Waals surface area contributed by atoms with E-state index in [1.165, 1.54) is 0 Å². The van der Waals surface area contributed by atoms with Crippen LogP contribution >= 0.6 is 0 Å². The quantitative estimate of drug-likeness (QED) is 0.320. The topological polar surface area (TPSA) is 46.5 Å². The standard InChI is InChI=1S/C29H54O3/c1-10-11-12-13-25(30)32-27-22(15-20(3)17-24(27)29(7,8)9)18-21-14-19(2)16-23(26(21)31)28(4,5)6/h19-24,26-27,31H,10-18H2,1-9H3. The van der Waals surface area contributed by atoms with Crippen molar-refractivity contribution in [1.82, 2.24) is 0 Å². The molecule has 0 spiro atoms. The number of aliphatic hydroxyl groups excluding tert-OH is 1. The summed E-state index contributed by atoms with van der Waals surface area (Å²) in [5, 5.41) is 11.4. The van der Waals surface area contributed by atoms with Gasteiger partial charge in [-0.2, -0.15) is 0 Å². The summed E-state index contributed by atoms with van der Waals surface area (Å²) in [6.45, 7) is 20.6. The van der Waals surface area contributed by atoms with Gasteiger partial charge in [-0.1, -0.05) is 75.2 Å². The Morgan fingerprint density at radius 3 is 1.91 bits per heavy atom. The summed E-state index contributed by atoms with van der Waals surface area (Å²) in [6, 6.07) is 0. The number of hydrogen-bond acceptors (Lipinski definition) is 3. The van der Waals surface area contributed by atoms with Crippen LogP contribution in [0.25, 0.3) is 0 Å². The van der Waals surface area contributed by atoms with Crippen molar-refractivity contribution in [2.45, 2.75) is 132 Å². The van der Waals surface area contributed by atoms with Crippen LogP contribution in [0.15, 0.2) is 0 Å². The molecule has 3 heteroatoms. The SMILES string of the molecule is CCCCCC(=O)OC1C(CC2CC(C)CC(C(C)(C)C)C2O)CC(C)CC1C(C)(C)C. The molecule has 0 bridgehead atoms.